The molecule has 0 radical (unpaired) electrons. The molecule has 0 spiro atoms. The highest BCUT2D eigenvalue weighted by atomic mass is 16.3. The minimum Gasteiger partial charge on any atom is -0.393 e. The van der Waals surface area contributed by atoms with Crippen LogP contribution in [-0.4, -0.2) is 11.2 Å². The topological polar surface area (TPSA) is 20.2 Å². The molecule has 0 bridgehead atoms. The summed E-state index contributed by atoms with van der Waals surface area (Å²) in [5.74, 6) is 6.12. The maximum Gasteiger partial charge on any atom is 0.0577 e. The molecule has 1 nitrogen and oxygen atoms in total. The lowest BCUT2D eigenvalue weighted by Gasteiger charge is -2.57. The molecule has 120 valence electrons. The fourth-order valence-corrected chi connectivity index (χ4v) is 6.92. The van der Waals surface area contributed by atoms with E-state index in [0.717, 1.165) is 30.6 Å². The summed E-state index contributed by atoms with van der Waals surface area (Å²) in [6, 6.07) is 0. The monoisotopic (exact) mass is 298 g/mol. The number of terminal acetylenes is 1. The summed E-state index contributed by atoms with van der Waals surface area (Å²) in [4.78, 5) is 0. The molecule has 4 aliphatic rings. The Hall–Kier alpha value is -0.740. The number of fused-ring (bicyclic) bond motifs is 5. The van der Waals surface area contributed by atoms with Crippen LogP contribution in [0.5, 0.6) is 0 Å². The molecule has 1 heteroatoms. The maximum atomic E-state index is 10.1. The summed E-state index contributed by atoms with van der Waals surface area (Å²) >= 11 is 0. The highest BCUT2D eigenvalue weighted by molar-refractivity contribution is 5.26. The number of aliphatic hydroxyl groups is 1. The van der Waals surface area contributed by atoms with Crippen molar-refractivity contribution in [3.63, 3.8) is 0 Å². The summed E-state index contributed by atoms with van der Waals surface area (Å²) in [5, 5.41) is 10.1. The van der Waals surface area contributed by atoms with Crippen molar-refractivity contribution in [3.8, 4) is 12.3 Å². The molecule has 0 amide bonds. The van der Waals surface area contributed by atoms with Crippen LogP contribution in [0.15, 0.2) is 11.6 Å². The molecule has 0 aromatic carbocycles. The second kappa shape index (κ2) is 4.88. The van der Waals surface area contributed by atoms with Crippen LogP contribution in [-0.2, 0) is 0 Å². The highest BCUT2D eigenvalue weighted by Crippen LogP contribution is 2.66. The minimum atomic E-state index is -0.0953. The number of allylic oxidation sites excluding steroid dienone is 1. The Bertz CT molecular complexity index is 541. The van der Waals surface area contributed by atoms with Gasteiger partial charge in [-0.05, 0) is 80.0 Å². The Morgan fingerprint density at radius 1 is 1.14 bits per heavy atom. The Morgan fingerprint density at radius 3 is 2.73 bits per heavy atom. The molecule has 3 saturated carbocycles. The van der Waals surface area contributed by atoms with Crippen LogP contribution in [0.2, 0.25) is 0 Å². The van der Waals surface area contributed by atoms with Crippen molar-refractivity contribution in [1.82, 2.24) is 0 Å². The van der Waals surface area contributed by atoms with Gasteiger partial charge in [0.2, 0.25) is 0 Å². The molecule has 0 aromatic heterocycles. The fourth-order valence-electron chi connectivity index (χ4n) is 6.92. The second-order valence-electron chi connectivity index (χ2n) is 9.00. The number of aliphatic hydroxyl groups excluding tert-OH is 1. The predicted molar refractivity (Wildman–Crippen MR) is 90.0 cm³/mol. The standard InChI is InChI=1S/C21H30O/c1-4-14-6-8-18-17-7-5-15-13-16(22)9-11-21(15,3)19(17)10-12-20(14,18)2/h1,5,14,16-19,22H,6-13H2,2-3H3/t14-,16-,17?,18?,19?,20+,21-/m0/s1. The molecule has 7 atom stereocenters. The first-order valence-corrected chi connectivity index (χ1v) is 9.33. The summed E-state index contributed by atoms with van der Waals surface area (Å²) < 4.78 is 0. The zero-order valence-corrected chi connectivity index (χ0v) is 14.1. The Balaban J connectivity index is 1.67. The summed E-state index contributed by atoms with van der Waals surface area (Å²) in [5.41, 5.74) is 2.33. The van der Waals surface area contributed by atoms with Crippen molar-refractivity contribution < 1.29 is 5.11 Å². The Labute approximate surface area is 135 Å². The minimum absolute atomic E-state index is 0.0953. The van der Waals surface area contributed by atoms with Gasteiger partial charge in [-0.2, -0.15) is 0 Å². The van der Waals surface area contributed by atoms with Crippen LogP contribution in [0.4, 0.5) is 0 Å². The Kier molecular flexibility index (Phi) is 3.29. The average molecular weight is 298 g/mol. The number of rotatable bonds is 0. The van der Waals surface area contributed by atoms with Crippen LogP contribution >= 0.6 is 0 Å². The van der Waals surface area contributed by atoms with E-state index in [-0.39, 0.29) is 6.10 Å². The van der Waals surface area contributed by atoms with E-state index in [2.05, 4.69) is 25.8 Å². The van der Waals surface area contributed by atoms with Gasteiger partial charge in [0.15, 0.2) is 0 Å². The van der Waals surface area contributed by atoms with Gasteiger partial charge in [-0.15, -0.1) is 12.3 Å². The lowest BCUT2D eigenvalue weighted by Crippen LogP contribution is -2.50. The SMILES string of the molecule is C#C[C@H]1CCC2C3CC=C4C[C@@H](O)CC[C@]4(C)C3CC[C@@]21C. The normalized spacial score (nSPS) is 53.7. The van der Waals surface area contributed by atoms with E-state index >= 15 is 0 Å². The lowest BCUT2D eigenvalue weighted by molar-refractivity contribution is -0.0432. The smallest absolute Gasteiger partial charge is 0.0577 e. The first kappa shape index (κ1) is 14.8. The molecule has 3 fully saturated rings. The predicted octanol–water partition coefficient (Wildman–Crippen LogP) is 4.56. The number of hydrogen-bond acceptors (Lipinski definition) is 1. The zero-order valence-electron chi connectivity index (χ0n) is 14.1. The molecule has 1 N–H and O–H groups in total. The molecular formula is C21H30O. The lowest BCUT2D eigenvalue weighted by atomic mass is 9.47. The number of hydrogen-bond donors (Lipinski definition) is 1. The Morgan fingerprint density at radius 2 is 1.95 bits per heavy atom. The van der Waals surface area contributed by atoms with E-state index in [9.17, 15) is 5.11 Å². The van der Waals surface area contributed by atoms with Crippen LogP contribution in [0.3, 0.4) is 0 Å². The molecule has 0 aromatic rings. The van der Waals surface area contributed by atoms with Gasteiger partial charge in [0.05, 0.1) is 6.10 Å². The van der Waals surface area contributed by atoms with Crippen LogP contribution in [0.25, 0.3) is 0 Å². The van der Waals surface area contributed by atoms with Gasteiger partial charge in [0.1, 0.15) is 0 Å². The molecule has 0 heterocycles. The molecule has 4 rings (SSSR count). The molecule has 3 unspecified atom stereocenters. The summed E-state index contributed by atoms with van der Waals surface area (Å²) in [6.07, 6.45) is 17.9. The zero-order chi connectivity index (χ0) is 15.5. The van der Waals surface area contributed by atoms with E-state index < -0.39 is 0 Å². The van der Waals surface area contributed by atoms with Crippen molar-refractivity contribution >= 4 is 0 Å². The van der Waals surface area contributed by atoms with Crippen molar-refractivity contribution in [3.05, 3.63) is 11.6 Å². The van der Waals surface area contributed by atoms with Crippen molar-refractivity contribution in [2.24, 2.45) is 34.5 Å². The second-order valence-corrected chi connectivity index (χ2v) is 9.00. The van der Waals surface area contributed by atoms with Gasteiger partial charge in [0, 0.05) is 5.92 Å². The third-order valence-electron chi connectivity index (χ3n) is 8.28. The van der Waals surface area contributed by atoms with Crippen LogP contribution in [0, 0.1) is 46.8 Å². The average Bonchev–Trinajstić information content (AvgIpc) is 2.84. The van der Waals surface area contributed by atoms with Gasteiger partial charge in [0.25, 0.3) is 0 Å². The van der Waals surface area contributed by atoms with E-state index in [4.69, 9.17) is 6.42 Å². The summed E-state index contributed by atoms with van der Waals surface area (Å²) in [7, 11) is 0. The molecule has 22 heavy (non-hydrogen) atoms. The quantitative estimate of drug-likeness (QED) is 0.513. The van der Waals surface area contributed by atoms with Gasteiger partial charge in [-0.25, -0.2) is 0 Å². The molecule has 0 aliphatic heterocycles. The van der Waals surface area contributed by atoms with Crippen LogP contribution < -0.4 is 0 Å². The van der Waals surface area contributed by atoms with E-state index in [1.165, 1.54) is 38.5 Å². The van der Waals surface area contributed by atoms with Crippen molar-refractivity contribution in [2.45, 2.75) is 71.3 Å². The van der Waals surface area contributed by atoms with Gasteiger partial charge in [-0.3, -0.25) is 0 Å². The van der Waals surface area contributed by atoms with Crippen molar-refractivity contribution in [1.29, 1.82) is 0 Å². The first-order chi connectivity index (χ1) is 10.5. The van der Waals surface area contributed by atoms with Gasteiger partial charge >= 0.3 is 0 Å². The molecular weight excluding hydrogens is 268 g/mol. The fraction of sp³-hybridized carbons (Fsp3) is 0.810. The van der Waals surface area contributed by atoms with Crippen molar-refractivity contribution in [2.75, 3.05) is 0 Å². The third-order valence-corrected chi connectivity index (χ3v) is 8.28. The maximum absolute atomic E-state index is 10.1. The van der Waals surface area contributed by atoms with E-state index in [0.29, 0.717) is 16.7 Å². The first-order valence-electron chi connectivity index (χ1n) is 9.33. The summed E-state index contributed by atoms with van der Waals surface area (Å²) in [6.45, 7) is 4.98. The van der Waals surface area contributed by atoms with E-state index in [1.54, 1.807) is 5.57 Å². The molecule has 0 saturated heterocycles. The largest absolute Gasteiger partial charge is 0.393 e. The highest BCUT2D eigenvalue weighted by Gasteiger charge is 2.58. The molecule has 4 aliphatic carbocycles. The third kappa shape index (κ3) is 1.83. The van der Waals surface area contributed by atoms with Gasteiger partial charge < -0.3 is 5.11 Å². The van der Waals surface area contributed by atoms with Crippen LogP contribution in [0.1, 0.15) is 65.2 Å². The van der Waals surface area contributed by atoms with E-state index in [1.807, 2.05) is 0 Å². The van der Waals surface area contributed by atoms with Gasteiger partial charge in [-0.1, -0.05) is 25.5 Å².